The highest BCUT2D eigenvalue weighted by Gasteiger charge is 2.19. The summed E-state index contributed by atoms with van der Waals surface area (Å²) in [5.74, 6) is 0. The molecule has 0 unspecified atom stereocenters. The quantitative estimate of drug-likeness (QED) is 0.821. The minimum atomic E-state index is -0.0780. The van der Waals surface area contributed by atoms with Crippen LogP contribution in [-0.4, -0.2) is 13.6 Å². The van der Waals surface area contributed by atoms with Crippen LogP contribution in [0.4, 0.5) is 11.4 Å². The van der Waals surface area contributed by atoms with Crippen LogP contribution in [-0.2, 0) is 0 Å². The largest absolute Gasteiger partial charge is 0.396 e. The van der Waals surface area contributed by atoms with Gasteiger partial charge in [-0.2, -0.15) is 0 Å². The molecule has 0 atom stereocenters. The van der Waals surface area contributed by atoms with Crippen LogP contribution in [0.25, 0.3) is 0 Å². The maximum atomic E-state index is 11.5. The molecule has 4 heteroatoms. The van der Waals surface area contributed by atoms with Crippen molar-refractivity contribution in [2.45, 2.75) is 33.6 Å². The number of anilines is 2. The van der Waals surface area contributed by atoms with Crippen molar-refractivity contribution in [1.82, 2.24) is 0 Å². The molecule has 0 fully saturated rings. The van der Waals surface area contributed by atoms with Gasteiger partial charge in [0, 0.05) is 13.6 Å². The molecule has 1 aromatic rings. The molecular weight excluding hydrogens is 220 g/mol. The van der Waals surface area contributed by atoms with Gasteiger partial charge in [0.15, 0.2) is 0 Å². The number of nitrogen functional groups attached to an aromatic ring is 1. The predicted molar refractivity (Wildman–Crippen MR) is 72.3 cm³/mol. The maximum absolute atomic E-state index is 11.5. The zero-order valence-electron chi connectivity index (χ0n) is 10.5. The molecule has 2 N–H and O–H groups in total. The lowest BCUT2D eigenvalue weighted by molar-refractivity contribution is 0.367. The van der Waals surface area contributed by atoms with Gasteiger partial charge in [0.25, 0.3) is 0 Å². The van der Waals surface area contributed by atoms with Gasteiger partial charge in [0.1, 0.15) is 10.2 Å². The molecule has 3 nitrogen and oxygen atoms in total. The molecule has 0 bridgehead atoms. The van der Waals surface area contributed by atoms with Crippen LogP contribution in [0.5, 0.6) is 0 Å². The molecule has 0 aliphatic heterocycles. The monoisotopic (exact) mass is 240 g/mol. The zero-order valence-corrected chi connectivity index (χ0v) is 11.3. The summed E-state index contributed by atoms with van der Waals surface area (Å²) in [7, 11) is 1.89. The first kappa shape index (κ1) is 13.2. The minimum Gasteiger partial charge on any atom is -0.396 e. The minimum absolute atomic E-state index is 0.0780. The average molecular weight is 240 g/mol. The van der Waals surface area contributed by atoms with E-state index in [0.29, 0.717) is 16.8 Å². The number of nitrogens with zero attached hydrogens (tertiary/aromatic N) is 1. The van der Waals surface area contributed by atoms with Gasteiger partial charge in [0.05, 0.1) is 5.69 Å². The lowest BCUT2D eigenvalue weighted by atomic mass is 9.90. The number of nitrogens with two attached hydrogens (primary N) is 1. The van der Waals surface area contributed by atoms with E-state index in [9.17, 15) is 4.79 Å². The maximum Gasteiger partial charge on any atom is 0.224 e. The molecule has 16 heavy (non-hydrogen) atoms. The summed E-state index contributed by atoms with van der Waals surface area (Å²) in [5, 5.41) is 0. The Bertz CT molecular complexity index is 438. The van der Waals surface area contributed by atoms with E-state index in [1.807, 2.05) is 11.9 Å². The first-order chi connectivity index (χ1) is 7.24. The van der Waals surface area contributed by atoms with Crippen LogP contribution in [0.2, 0.25) is 0 Å². The summed E-state index contributed by atoms with van der Waals surface area (Å²) < 4.78 is 0.290. The molecular formula is C12H20N2OS. The van der Waals surface area contributed by atoms with Crippen LogP contribution in [0.1, 0.15) is 33.6 Å². The molecule has 0 saturated carbocycles. The molecule has 90 valence electrons. The van der Waals surface area contributed by atoms with E-state index in [4.69, 9.17) is 18.0 Å². The normalized spacial score (nSPS) is 12.0. The van der Waals surface area contributed by atoms with Crippen molar-refractivity contribution in [3.8, 4) is 0 Å². The van der Waals surface area contributed by atoms with Crippen molar-refractivity contribution in [2.24, 2.45) is 5.41 Å². The molecule has 0 saturated heterocycles. The number of rotatable bonds is 4. The predicted octanol–water partition coefficient (Wildman–Crippen LogP) is 2.50. The van der Waals surface area contributed by atoms with Crippen molar-refractivity contribution in [2.75, 3.05) is 24.2 Å². The second-order valence-electron chi connectivity index (χ2n) is 5.51. The molecule has 0 heterocycles. The van der Waals surface area contributed by atoms with Gasteiger partial charge in [-0.25, -0.2) is 0 Å². The average Bonchev–Trinajstić information content (AvgIpc) is 2.15. The second-order valence-corrected chi connectivity index (χ2v) is 5.91. The summed E-state index contributed by atoms with van der Waals surface area (Å²) in [5.41, 5.74) is 7.03. The van der Waals surface area contributed by atoms with Crippen molar-refractivity contribution in [1.29, 1.82) is 0 Å². The van der Waals surface area contributed by atoms with Crippen LogP contribution >= 0.6 is 12.2 Å². The molecule has 0 amide bonds. The van der Waals surface area contributed by atoms with E-state index in [1.54, 1.807) is 0 Å². The summed E-state index contributed by atoms with van der Waals surface area (Å²) in [6.45, 7) is 7.49. The number of hydrogen-bond donors (Lipinski definition) is 1. The van der Waals surface area contributed by atoms with Crippen molar-refractivity contribution >= 4 is 23.6 Å². The van der Waals surface area contributed by atoms with Gasteiger partial charge in [0.2, 0.25) is 5.43 Å². The zero-order chi connectivity index (χ0) is 12.5. The Morgan fingerprint density at radius 1 is 1.38 bits per heavy atom. The Morgan fingerprint density at radius 2 is 1.94 bits per heavy atom. The highest BCUT2D eigenvalue weighted by Crippen LogP contribution is 2.24. The van der Waals surface area contributed by atoms with Gasteiger partial charge < -0.3 is 10.6 Å². The Hall–Kier alpha value is -0.900. The van der Waals surface area contributed by atoms with Gasteiger partial charge in [-0.3, -0.25) is 4.79 Å². The number of hydrogen-bond acceptors (Lipinski definition) is 4. The van der Waals surface area contributed by atoms with E-state index < -0.39 is 0 Å². The summed E-state index contributed by atoms with van der Waals surface area (Å²) >= 11 is 4.84. The van der Waals surface area contributed by atoms with E-state index >= 15 is 0 Å². The Balaban J connectivity index is 2.52. The summed E-state index contributed by atoms with van der Waals surface area (Å²) in [6, 6.07) is 0. The van der Waals surface area contributed by atoms with E-state index in [0.717, 1.165) is 19.4 Å². The fourth-order valence-electron chi connectivity index (χ4n) is 1.73. The van der Waals surface area contributed by atoms with Gasteiger partial charge >= 0.3 is 0 Å². The van der Waals surface area contributed by atoms with Gasteiger partial charge in [-0.1, -0.05) is 33.0 Å². The Morgan fingerprint density at radius 3 is 2.38 bits per heavy atom. The van der Waals surface area contributed by atoms with Crippen LogP contribution in [0.15, 0.2) is 4.79 Å². The molecule has 0 spiro atoms. The van der Waals surface area contributed by atoms with E-state index in [2.05, 4.69) is 20.8 Å². The SMILES string of the molecule is CN(CCCC(C)(C)C)c1c(N)c(=S)c1=O. The summed E-state index contributed by atoms with van der Waals surface area (Å²) in [4.78, 5) is 13.4. The second kappa shape index (κ2) is 4.53. The molecule has 0 aliphatic rings. The fourth-order valence-corrected chi connectivity index (χ4v) is 1.93. The first-order valence-corrected chi connectivity index (χ1v) is 5.95. The third-order valence-corrected chi connectivity index (χ3v) is 3.13. The topological polar surface area (TPSA) is 46.3 Å². The molecule has 1 aromatic carbocycles. The van der Waals surface area contributed by atoms with Crippen molar-refractivity contribution in [3.05, 3.63) is 14.7 Å². The summed E-state index contributed by atoms with van der Waals surface area (Å²) in [6.07, 6.45) is 2.18. The fraction of sp³-hybridized carbons (Fsp3) is 0.667. The third-order valence-electron chi connectivity index (χ3n) is 2.72. The van der Waals surface area contributed by atoms with E-state index in [1.165, 1.54) is 0 Å². The van der Waals surface area contributed by atoms with Crippen LogP contribution in [0, 0.1) is 9.93 Å². The van der Waals surface area contributed by atoms with Gasteiger partial charge in [-0.15, -0.1) is 0 Å². The lowest BCUT2D eigenvalue weighted by Crippen LogP contribution is -2.30. The molecule has 1 rings (SSSR count). The van der Waals surface area contributed by atoms with Crippen molar-refractivity contribution < 1.29 is 0 Å². The molecule has 0 radical (unpaired) electrons. The highest BCUT2D eigenvalue weighted by atomic mass is 32.1. The molecule has 0 aliphatic carbocycles. The Labute approximate surface area is 102 Å². The van der Waals surface area contributed by atoms with Gasteiger partial charge in [-0.05, 0) is 18.3 Å². The Kier molecular flexibility index (Phi) is 3.73. The lowest BCUT2D eigenvalue weighted by Gasteiger charge is -2.24. The highest BCUT2D eigenvalue weighted by molar-refractivity contribution is 7.71. The molecule has 0 aromatic heterocycles. The van der Waals surface area contributed by atoms with E-state index in [-0.39, 0.29) is 9.94 Å². The smallest absolute Gasteiger partial charge is 0.224 e. The third kappa shape index (κ3) is 2.82. The first-order valence-electron chi connectivity index (χ1n) is 5.54. The standard InChI is InChI=1S/C12H20N2OS/c1-12(2,3)6-5-7-14(4)9-8(13)11(16)10(9)15/h5-7,13H2,1-4H3. The van der Waals surface area contributed by atoms with Crippen LogP contribution < -0.4 is 16.1 Å². The van der Waals surface area contributed by atoms with Crippen LogP contribution in [0.3, 0.4) is 0 Å². The van der Waals surface area contributed by atoms with Crippen molar-refractivity contribution in [3.63, 3.8) is 0 Å².